The minimum atomic E-state index is -0.572. The number of carbonyl (C=O) groups is 1. The smallest absolute Gasteiger partial charge is 0.240 e. The van der Waals surface area contributed by atoms with Crippen LogP contribution < -0.4 is 11.1 Å². The van der Waals surface area contributed by atoms with Crippen molar-refractivity contribution in [3.63, 3.8) is 0 Å². The van der Waals surface area contributed by atoms with Crippen LogP contribution in [0.25, 0.3) is 0 Å². The van der Waals surface area contributed by atoms with Gasteiger partial charge in [-0.05, 0) is 12.8 Å². The van der Waals surface area contributed by atoms with Crippen molar-refractivity contribution in [3.05, 3.63) is 16.6 Å². The number of nitrogens with two attached hydrogens (primary N) is 1. The van der Waals surface area contributed by atoms with Crippen molar-refractivity contribution >= 4 is 17.2 Å². The van der Waals surface area contributed by atoms with Gasteiger partial charge in [0.05, 0.1) is 12.1 Å². The van der Waals surface area contributed by atoms with E-state index in [4.69, 9.17) is 5.73 Å². The average molecular weight is 197 g/mol. The Morgan fingerprint density at radius 1 is 1.77 bits per heavy atom. The summed E-state index contributed by atoms with van der Waals surface area (Å²) in [4.78, 5) is 15.4. The van der Waals surface area contributed by atoms with Crippen molar-refractivity contribution in [2.75, 3.05) is 0 Å². The van der Waals surface area contributed by atoms with Gasteiger partial charge in [0.15, 0.2) is 0 Å². The number of carbonyl (C=O) groups excluding carboxylic acids is 1. The molecule has 1 amide bonds. The highest BCUT2D eigenvalue weighted by atomic mass is 32.1. The van der Waals surface area contributed by atoms with E-state index in [1.165, 1.54) is 11.3 Å². The highest BCUT2D eigenvalue weighted by Crippen LogP contribution is 2.32. The van der Waals surface area contributed by atoms with Crippen molar-refractivity contribution in [1.29, 1.82) is 0 Å². The molecule has 1 aromatic heterocycles. The molecule has 13 heavy (non-hydrogen) atoms. The van der Waals surface area contributed by atoms with Crippen LogP contribution in [0.15, 0.2) is 11.6 Å². The van der Waals surface area contributed by atoms with Gasteiger partial charge in [-0.2, -0.15) is 0 Å². The van der Waals surface area contributed by atoms with Crippen LogP contribution >= 0.6 is 11.3 Å². The van der Waals surface area contributed by atoms with E-state index in [9.17, 15) is 4.79 Å². The first-order valence-corrected chi connectivity index (χ1v) is 5.04. The molecule has 0 radical (unpaired) electrons. The molecule has 1 aliphatic carbocycles. The largest absolute Gasteiger partial charge is 0.348 e. The Bertz CT molecular complexity index is 305. The number of aromatic nitrogens is 1. The van der Waals surface area contributed by atoms with Gasteiger partial charge in [-0.15, -0.1) is 11.3 Å². The van der Waals surface area contributed by atoms with E-state index in [1.807, 2.05) is 5.38 Å². The molecule has 1 fully saturated rings. The maximum absolute atomic E-state index is 11.4. The summed E-state index contributed by atoms with van der Waals surface area (Å²) in [6.07, 6.45) is 3.33. The first-order chi connectivity index (χ1) is 6.21. The van der Waals surface area contributed by atoms with Crippen molar-refractivity contribution in [1.82, 2.24) is 10.3 Å². The zero-order chi connectivity index (χ0) is 9.31. The third-order valence-electron chi connectivity index (χ3n) is 2.12. The SMILES string of the molecule is NC1(C(=O)NCc2nccs2)CC1. The molecule has 1 aromatic rings. The first-order valence-electron chi connectivity index (χ1n) is 4.16. The number of nitrogens with one attached hydrogen (secondary N) is 1. The third kappa shape index (κ3) is 1.87. The Morgan fingerprint density at radius 3 is 3.08 bits per heavy atom. The van der Waals surface area contributed by atoms with E-state index in [0.29, 0.717) is 6.54 Å². The summed E-state index contributed by atoms with van der Waals surface area (Å²) in [7, 11) is 0. The summed E-state index contributed by atoms with van der Waals surface area (Å²) in [5.41, 5.74) is 5.13. The van der Waals surface area contributed by atoms with Gasteiger partial charge in [-0.3, -0.25) is 4.79 Å². The monoisotopic (exact) mass is 197 g/mol. The van der Waals surface area contributed by atoms with Crippen LogP contribution in [-0.4, -0.2) is 16.4 Å². The Balaban J connectivity index is 1.83. The molecular formula is C8H11N3OS. The second-order valence-electron chi connectivity index (χ2n) is 3.26. The molecule has 0 atom stereocenters. The summed E-state index contributed by atoms with van der Waals surface area (Å²) in [5.74, 6) is -0.0531. The number of nitrogens with zero attached hydrogens (tertiary/aromatic N) is 1. The first kappa shape index (κ1) is 8.65. The zero-order valence-electron chi connectivity index (χ0n) is 7.12. The lowest BCUT2D eigenvalue weighted by Gasteiger charge is -2.07. The van der Waals surface area contributed by atoms with Gasteiger partial charge in [0.2, 0.25) is 5.91 Å². The van der Waals surface area contributed by atoms with Crippen LogP contribution in [0.2, 0.25) is 0 Å². The van der Waals surface area contributed by atoms with Crippen LogP contribution in [0, 0.1) is 0 Å². The minimum Gasteiger partial charge on any atom is -0.348 e. The molecule has 3 N–H and O–H groups in total. The van der Waals surface area contributed by atoms with E-state index in [-0.39, 0.29) is 5.91 Å². The molecule has 0 unspecified atom stereocenters. The summed E-state index contributed by atoms with van der Waals surface area (Å²) in [5, 5.41) is 5.57. The fourth-order valence-corrected chi connectivity index (χ4v) is 1.59. The standard InChI is InChI=1S/C8H11N3OS/c9-8(1-2-8)7(12)11-5-6-10-3-4-13-6/h3-4H,1-2,5,9H2,(H,11,12). The molecule has 5 heteroatoms. The van der Waals surface area contributed by atoms with Gasteiger partial charge < -0.3 is 11.1 Å². The lowest BCUT2D eigenvalue weighted by atomic mass is 10.3. The Hall–Kier alpha value is -0.940. The number of amides is 1. The molecule has 1 saturated carbocycles. The quantitative estimate of drug-likeness (QED) is 0.730. The zero-order valence-corrected chi connectivity index (χ0v) is 7.93. The summed E-state index contributed by atoms with van der Waals surface area (Å²) >= 11 is 1.53. The lowest BCUT2D eigenvalue weighted by Crippen LogP contribution is -2.42. The average Bonchev–Trinajstić information content (AvgIpc) is 2.70. The summed E-state index contributed by atoms with van der Waals surface area (Å²) in [6, 6.07) is 0. The fourth-order valence-electron chi connectivity index (χ4n) is 1.03. The molecule has 0 bridgehead atoms. The van der Waals surface area contributed by atoms with E-state index < -0.39 is 5.54 Å². The van der Waals surface area contributed by atoms with Gasteiger partial charge in [-0.25, -0.2) is 4.98 Å². The summed E-state index contributed by atoms with van der Waals surface area (Å²) < 4.78 is 0. The number of rotatable bonds is 3. The molecule has 0 spiro atoms. The molecule has 0 aliphatic heterocycles. The Kier molecular flexibility index (Phi) is 2.05. The molecular weight excluding hydrogens is 186 g/mol. The van der Waals surface area contributed by atoms with Crippen LogP contribution in [0.4, 0.5) is 0 Å². The van der Waals surface area contributed by atoms with Crippen LogP contribution in [0.5, 0.6) is 0 Å². The molecule has 0 aromatic carbocycles. The van der Waals surface area contributed by atoms with E-state index in [0.717, 1.165) is 17.8 Å². The minimum absolute atomic E-state index is 0.0531. The number of hydrogen-bond donors (Lipinski definition) is 2. The van der Waals surface area contributed by atoms with Gasteiger partial charge >= 0.3 is 0 Å². The fraction of sp³-hybridized carbons (Fsp3) is 0.500. The molecule has 4 nitrogen and oxygen atoms in total. The van der Waals surface area contributed by atoms with Gasteiger partial charge in [0.1, 0.15) is 5.01 Å². The highest BCUT2D eigenvalue weighted by Gasteiger charge is 2.45. The Labute approximate surface area is 80.2 Å². The number of thiazole rings is 1. The third-order valence-corrected chi connectivity index (χ3v) is 2.90. The van der Waals surface area contributed by atoms with Crippen LogP contribution in [-0.2, 0) is 11.3 Å². The lowest BCUT2D eigenvalue weighted by molar-refractivity contribution is -0.123. The summed E-state index contributed by atoms with van der Waals surface area (Å²) in [6.45, 7) is 0.495. The highest BCUT2D eigenvalue weighted by molar-refractivity contribution is 7.09. The van der Waals surface area contributed by atoms with Crippen molar-refractivity contribution in [3.8, 4) is 0 Å². The van der Waals surface area contributed by atoms with Crippen molar-refractivity contribution < 1.29 is 4.79 Å². The van der Waals surface area contributed by atoms with Gasteiger partial charge in [0.25, 0.3) is 0 Å². The van der Waals surface area contributed by atoms with E-state index >= 15 is 0 Å². The normalized spacial score (nSPS) is 18.2. The van der Waals surface area contributed by atoms with E-state index in [1.54, 1.807) is 6.20 Å². The van der Waals surface area contributed by atoms with Crippen molar-refractivity contribution in [2.45, 2.75) is 24.9 Å². The van der Waals surface area contributed by atoms with Crippen LogP contribution in [0.3, 0.4) is 0 Å². The van der Waals surface area contributed by atoms with E-state index in [2.05, 4.69) is 10.3 Å². The van der Waals surface area contributed by atoms with Gasteiger partial charge in [-0.1, -0.05) is 0 Å². The van der Waals surface area contributed by atoms with Gasteiger partial charge in [0, 0.05) is 11.6 Å². The molecule has 1 aliphatic rings. The maximum atomic E-state index is 11.4. The maximum Gasteiger partial charge on any atom is 0.240 e. The second-order valence-corrected chi connectivity index (χ2v) is 4.24. The van der Waals surface area contributed by atoms with Crippen molar-refractivity contribution in [2.24, 2.45) is 5.73 Å². The number of hydrogen-bond acceptors (Lipinski definition) is 4. The van der Waals surface area contributed by atoms with Crippen LogP contribution in [0.1, 0.15) is 17.8 Å². The molecule has 2 rings (SSSR count). The molecule has 1 heterocycles. The Morgan fingerprint density at radius 2 is 2.54 bits per heavy atom. The molecule has 70 valence electrons. The predicted octanol–water partition coefficient (Wildman–Crippen LogP) is 0.251. The topological polar surface area (TPSA) is 68.0 Å². The second kappa shape index (κ2) is 3.08. The predicted molar refractivity (Wildman–Crippen MR) is 50.1 cm³/mol. The molecule has 0 saturated heterocycles.